The zero-order valence-corrected chi connectivity index (χ0v) is 13.8. The van der Waals surface area contributed by atoms with E-state index in [4.69, 9.17) is 4.74 Å². The van der Waals surface area contributed by atoms with Crippen LogP contribution >= 0.6 is 11.3 Å². The van der Waals surface area contributed by atoms with Crippen molar-refractivity contribution in [3.8, 4) is 0 Å². The molecule has 1 aliphatic rings. The largest absolute Gasteiger partial charge is 0.362 e. The van der Waals surface area contributed by atoms with E-state index < -0.39 is 5.60 Å². The van der Waals surface area contributed by atoms with Crippen LogP contribution in [0.1, 0.15) is 41.9 Å². The summed E-state index contributed by atoms with van der Waals surface area (Å²) in [5, 5.41) is 4.49. The van der Waals surface area contributed by atoms with Crippen molar-refractivity contribution < 1.29 is 14.3 Å². The molecule has 0 bridgehead atoms. The monoisotopic (exact) mass is 310 g/mol. The van der Waals surface area contributed by atoms with E-state index in [1.165, 1.54) is 4.88 Å². The van der Waals surface area contributed by atoms with Gasteiger partial charge in [0.1, 0.15) is 0 Å². The van der Waals surface area contributed by atoms with Gasteiger partial charge < -0.3 is 15.0 Å². The van der Waals surface area contributed by atoms with Crippen molar-refractivity contribution in [3.05, 3.63) is 21.9 Å². The molecule has 1 aromatic rings. The number of likely N-dealkylation sites (N-methyl/N-ethyl adjacent to an activating group) is 1. The molecule has 0 saturated carbocycles. The van der Waals surface area contributed by atoms with Crippen LogP contribution in [0.2, 0.25) is 0 Å². The van der Waals surface area contributed by atoms with E-state index in [1.807, 2.05) is 11.4 Å². The summed E-state index contributed by atoms with van der Waals surface area (Å²) in [6.07, 6.45) is 0. The number of nitrogens with one attached hydrogen (secondary N) is 1. The highest BCUT2D eigenvalue weighted by atomic mass is 32.1. The number of rotatable bonds is 3. The van der Waals surface area contributed by atoms with Crippen molar-refractivity contribution in [2.45, 2.75) is 32.3 Å². The third-order valence-electron chi connectivity index (χ3n) is 3.70. The van der Waals surface area contributed by atoms with Crippen molar-refractivity contribution in [1.29, 1.82) is 0 Å². The third kappa shape index (κ3) is 3.27. The number of thiophene rings is 1. The fourth-order valence-corrected chi connectivity index (χ4v) is 3.29. The first kappa shape index (κ1) is 16.0. The molecule has 0 radical (unpaired) electrons. The summed E-state index contributed by atoms with van der Waals surface area (Å²) in [4.78, 5) is 27.4. The molecule has 1 aromatic heterocycles. The van der Waals surface area contributed by atoms with Crippen LogP contribution in [0.5, 0.6) is 0 Å². The second-order valence-electron chi connectivity index (χ2n) is 5.78. The fraction of sp³-hybridized carbons (Fsp3) is 0.600. The Morgan fingerprint density at radius 1 is 1.48 bits per heavy atom. The van der Waals surface area contributed by atoms with Gasteiger partial charge in [-0.05, 0) is 18.9 Å². The molecule has 1 saturated heterocycles. The van der Waals surface area contributed by atoms with Crippen LogP contribution in [0.25, 0.3) is 0 Å². The van der Waals surface area contributed by atoms with E-state index in [2.05, 4.69) is 19.2 Å². The SMILES string of the molecule is CNC(=O)C1(C)CN(C(=O)c2csc(C(C)C)c2)CCO1. The molecule has 0 aliphatic carbocycles. The predicted molar refractivity (Wildman–Crippen MR) is 82.7 cm³/mol. The topological polar surface area (TPSA) is 58.6 Å². The average molecular weight is 310 g/mol. The molecule has 2 amide bonds. The van der Waals surface area contributed by atoms with Gasteiger partial charge in [0, 0.05) is 23.8 Å². The van der Waals surface area contributed by atoms with Gasteiger partial charge in [-0.1, -0.05) is 13.8 Å². The zero-order chi connectivity index (χ0) is 15.6. The van der Waals surface area contributed by atoms with E-state index >= 15 is 0 Å². The number of ether oxygens (including phenoxy) is 1. The van der Waals surface area contributed by atoms with Crippen LogP contribution in [0.3, 0.4) is 0 Å². The van der Waals surface area contributed by atoms with Crippen LogP contribution in [0, 0.1) is 0 Å². The molecular formula is C15H22N2O3S. The Morgan fingerprint density at radius 2 is 2.19 bits per heavy atom. The Labute approximate surface area is 129 Å². The molecule has 5 nitrogen and oxygen atoms in total. The molecule has 21 heavy (non-hydrogen) atoms. The summed E-state index contributed by atoms with van der Waals surface area (Å²) in [7, 11) is 1.57. The molecule has 0 aromatic carbocycles. The van der Waals surface area contributed by atoms with Crippen molar-refractivity contribution >= 4 is 23.2 Å². The molecular weight excluding hydrogens is 288 g/mol. The van der Waals surface area contributed by atoms with Gasteiger partial charge in [-0.2, -0.15) is 0 Å². The number of carbonyl (C=O) groups is 2. The Balaban J connectivity index is 2.13. The summed E-state index contributed by atoms with van der Waals surface area (Å²) in [5.41, 5.74) is -0.274. The molecule has 2 rings (SSSR count). The minimum absolute atomic E-state index is 0.0309. The molecule has 6 heteroatoms. The predicted octanol–water partition coefficient (Wildman–Crippen LogP) is 1.85. The lowest BCUT2D eigenvalue weighted by Crippen LogP contribution is -2.58. The van der Waals surface area contributed by atoms with E-state index in [-0.39, 0.29) is 18.4 Å². The van der Waals surface area contributed by atoms with Crippen LogP contribution in [-0.2, 0) is 9.53 Å². The highest BCUT2D eigenvalue weighted by Gasteiger charge is 2.40. The van der Waals surface area contributed by atoms with Gasteiger partial charge in [0.2, 0.25) is 0 Å². The van der Waals surface area contributed by atoms with E-state index in [1.54, 1.807) is 30.2 Å². The van der Waals surface area contributed by atoms with Crippen molar-refractivity contribution in [2.24, 2.45) is 0 Å². The Kier molecular flexibility index (Phi) is 4.68. The lowest BCUT2D eigenvalue weighted by molar-refractivity contribution is -0.153. The first-order valence-corrected chi connectivity index (χ1v) is 7.99. The van der Waals surface area contributed by atoms with Gasteiger partial charge >= 0.3 is 0 Å². The quantitative estimate of drug-likeness (QED) is 0.927. The molecule has 0 spiro atoms. The lowest BCUT2D eigenvalue weighted by Gasteiger charge is -2.38. The second-order valence-corrected chi connectivity index (χ2v) is 6.72. The van der Waals surface area contributed by atoms with Gasteiger partial charge in [-0.15, -0.1) is 11.3 Å². The van der Waals surface area contributed by atoms with E-state index in [0.717, 1.165) is 0 Å². The third-order valence-corrected chi connectivity index (χ3v) is 4.94. The Bertz CT molecular complexity index is 541. The maximum Gasteiger partial charge on any atom is 0.254 e. The molecule has 1 N–H and O–H groups in total. The minimum atomic E-state index is -0.973. The van der Waals surface area contributed by atoms with Crippen LogP contribution in [0.4, 0.5) is 0 Å². The normalized spacial score (nSPS) is 22.4. The summed E-state index contributed by atoms with van der Waals surface area (Å²) in [6.45, 7) is 7.10. The Morgan fingerprint density at radius 3 is 2.76 bits per heavy atom. The number of amides is 2. The summed E-state index contributed by atoms with van der Waals surface area (Å²) < 4.78 is 5.57. The maximum absolute atomic E-state index is 12.6. The number of morpholine rings is 1. The Hall–Kier alpha value is -1.40. The van der Waals surface area contributed by atoms with Gasteiger partial charge in [0.05, 0.1) is 18.7 Å². The van der Waals surface area contributed by atoms with Crippen molar-refractivity contribution in [3.63, 3.8) is 0 Å². The van der Waals surface area contributed by atoms with Gasteiger partial charge in [0.15, 0.2) is 5.60 Å². The second kappa shape index (κ2) is 6.15. The summed E-state index contributed by atoms with van der Waals surface area (Å²) >= 11 is 1.60. The highest BCUT2D eigenvalue weighted by molar-refractivity contribution is 7.10. The average Bonchev–Trinajstić information content (AvgIpc) is 2.95. The number of carbonyl (C=O) groups excluding carboxylic acids is 2. The van der Waals surface area contributed by atoms with Crippen LogP contribution < -0.4 is 5.32 Å². The smallest absolute Gasteiger partial charge is 0.254 e. The van der Waals surface area contributed by atoms with Crippen molar-refractivity contribution in [2.75, 3.05) is 26.7 Å². The fourth-order valence-electron chi connectivity index (χ4n) is 2.40. The number of hydrogen-bond acceptors (Lipinski definition) is 4. The number of hydrogen-bond donors (Lipinski definition) is 1. The van der Waals surface area contributed by atoms with E-state index in [9.17, 15) is 9.59 Å². The summed E-state index contributed by atoms with van der Waals surface area (Å²) in [5.74, 6) is 0.183. The molecule has 2 heterocycles. The molecule has 1 fully saturated rings. The standard InChI is InChI=1S/C15H22N2O3S/c1-10(2)12-7-11(8-21-12)13(18)17-5-6-20-15(3,9-17)14(19)16-4/h7-8,10H,5-6,9H2,1-4H3,(H,16,19). The molecule has 116 valence electrons. The lowest BCUT2D eigenvalue weighted by atomic mass is 10.0. The van der Waals surface area contributed by atoms with E-state index in [0.29, 0.717) is 24.6 Å². The first-order valence-electron chi connectivity index (χ1n) is 7.11. The van der Waals surface area contributed by atoms with Gasteiger partial charge in [-0.25, -0.2) is 0 Å². The minimum Gasteiger partial charge on any atom is -0.362 e. The van der Waals surface area contributed by atoms with Crippen molar-refractivity contribution in [1.82, 2.24) is 10.2 Å². The molecule has 1 aliphatic heterocycles. The van der Waals surface area contributed by atoms with Crippen LogP contribution in [0.15, 0.2) is 11.4 Å². The number of nitrogens with zero attached hydrogens (tertiary/aromatic N) is 1. The maximum atomic E-state index is 12.6. The van der Waals surface area contributed by atoms with Gasteiger partial charge in [-0.3, -0.25) is 9.59 Å². The molecule has 1 unspecified atom stereocenters. The first-order chi connectivity index (χ1) is 9.87. The zero-order valence-electron chi connectivity index (χ0n) is 12.9. The van der Waals surface area contributed by atoms with Crippen LogP contribution in [-0.4, -0.2) is 49.1 Å². The molecule has 1 atom stereocenters. The highest BCUT2D eigenvalue weighted by Crippen LogP contribution is 2.25. The summed E-state index contributed by atoms with van der Waals surface area (Å²) in [6, 6.07) is 1.95. The van der Waals surface area contributed by atoms with Gasteiger partial charge in [0.25, 0.3) is 11.8 Å².